The van der Waals surface area contributed by atoms with Gasteiger partial charge in [-0.15, -0.1) is 0 Å². The Kier molecular flexibility index (Phi) is 6.92. The number of hydrogen-bond acceptors (Lipinski definition) is 7. The number of thioether (sulfide) groups is 1. The maximum absolute atomic E-state index is 12.9. The Morgan fingerprint density at radius 2 is 2.18 bits per heavy atom. The molecule has 1 amide bonds. The first-order valence-electron chi connectivity index (χ1n) is 8.91. The van der Waals surface area contributed by atoms with Crippen molar-refractivity contribution in [1.29, 1.82) is 0 Å². The highest BCUT2D eigenvalue weighted by molar-refractivity contribution is 7.99. The Balaban J connectivity index is 1.54. The van der Waals surface area contributed by atoms with Gasteiger partial charge < -0.3 is 10.1 Å². The third kappa shape index (κ3) is 5.03. The summed E-state index contributed by atoms with van der Waals surface area (Å²) in [5.74, 6) is 0.782. The van der Waals surface area contributed by atoms with Crippen molar-refractivity contribution in [2.24, 2.45) is 5.92 Å². The molecule has 1 atom stereocenters. The first-order valence-corrected chi connectivity index (χ1v) is 11.3. The number of sulfonamides is 1. The topological polar surface area (TPSA) is 117 Å². The lowest BCUT2D eigenvalue weighted by molar-refractivity contribution is -0.125. The second kappa shape index (κ2) is 9.39. The van der Waals surface area contributed by atoms with Crippen LogP contribution in [0.5, 0.6) is 5.75 Å². The van der Waals surface area contributed by atoms with Crippen LogP contribution in [0.25, 0.3) is 0 Å². The van der Waals surface area contributed by atoms with E-state index < -0.39 is 10.0 Å². The highest BCUT2D eigenvalue weighted by Gasteiger charge is 2.33. The van der Waals surface area contributed by atoms with E-state index in [0.717, 1.165) is 0 Å². The number of carbonyl (C=O) groups excluding carboxylic acids is 1. The molecule has 1 aliphatic heterocycles. The van der Waals surface area contributed by atoms with E-state index in [-0.39, 0.29) is 23.3 Å². The summed E-state index contributed by atoms with van der Waals surface area (Å²) in [6.45, 7) is 1.08. The van der Waals surface area contributed by atoms with E-state index in [1.807, 2.05) is 0 Å². The summed E-state index contributed by atoms with van der Waals surface area (Å²) in [5.41, 5.74) is 0. The highest BCUT2D eigenvalue weighted by Crippen LogP contribution is 2.25. The fourth-order valence-electron chi connectivity index (χ4n) is 3.00. The number of methoxy groups -OCH3 is 1. The van der Waals surface area contributed by atoms with Crippen LogP contribution in [0.3, 0.4) is 0 Å². The largest absolute Gasteiger partial charge is 0.497 e. The lowest BCUT2D eigenvalue weighted by Crippen LogP contribution is -2.45. The number of nitrogens with one attached hydrogen (secondary N) is 2. The van der Waals surface area contributed by atoms with Crippen molar-refractivity contribution >= 4 is 27.7 Å². The zero-order chi connectivity index (χ0) is 20.0. The SMILES string of the molecule is COc1ccc(S(=O)(=O)N2CCC[C@H](C(=O)NCCSc3ncn[nH]3)C2)cc1. The van der Waals surface area contributed by atoms with E-state index >= 15 is 0 Å². The van der Waals surface area contributed by atoms with Gasteiger partial charge >= 0.3 is 0 Å². The number of ether oxygens (including phenoxy) is 1. The summed E-state index contributed by atoms with van der Waals surface area (Å²) >= 11 is 1.46. The number of aromatic amines is 1. The van der Waals surface area contributed by atoms with Gasteiger partial charge in [0.1, 0.15) is 12.1 Å². The summed E-state index contributed by atoms with van der Waals surface area (Å²) in [6, 6.07) is 6.29. The van der Waals surface area contributed by atoms with E-state index in [4.69, 9.17) is 4.74 Å². The average molecular weight is 426 g/mol. The van der Waals surface area contributed by atoms with E-state index in [1.54, 1.807) is 12.1 Å². The highest BCUT2D eigenvalue weighted by atomic mass is 32.2. The summed E-state index contributed by atoms with van der Waals surface area (Å²) in [7, 11) is -2.10. The fraction of sp³-hybridized carbons (Fsp3) is 0.471. The van der Waals surface area contributed by atoms with Crippen molar-refractivity contribution in [3.63, 3.8) is 0 Å². The number of piperidine rings is 1. The van der Waals surface area contributed by atoms with Gasteiger partial charge in [-0.3, -0.25) is 9.89 Å². The monoisotopic (exact) mass is 425 g/mol. The van der Waals surface area contributed by atoms with Crippen molar-refractivity contribution in [2.45, 2.75) is 22.9 Å². The first-order chi connectivity index (χ1) is 13.5. The number of hydrogen-bond donors (Lipinski definition) is 2. The molecule has 1 saturated heterocycles. The molecule has 3 rings (SSSR count). The lowest BCUT2D eigenvalue weighted by atomic mass is 9.99. The minimum atomic E-state index is -3.63. The molecule has 0 bridgehead atoms. The number of nitrogens with zero attached hydrogens (tertiary/aromatic N) is 3. The van der Waals surface area contributed by atoms with E-state index in [2.05, 4.69) is 20.5 Å². The third-order valence-corrected chi connectivity index (χ3v) is 7.24. The molecule has 152 valence electrons. The minimum absolute atomic E-state index is 0.118. The second-order valence-corrected chi connectivity index (χ2v) is 9.33. The molecular weight excluding hydrogens is 402 g/mol. The molecule has 0 aliphatic carbocycles. The molecule has 1 aromatic carbocycles. The van der Waals surface area contributed by atoms with Crippen LogP contribution in [-0.2, 0) is 14.8 Å². The van der Waals surface area contributed by atoms with Gasteiger partial charge in [0.2, 0.25) is 15.9 Å². The smallest absolute Gasteiger partial charge is 0.243 e. The molecule has 0 spiro atoms. The predicted octanol–water partition coefficient (Wildman–Crippen LogP) is 1.12. The molecule has 2 N–H and O–H groups in total. The van der Waals surface area contributed by atoms with Gasteiger partial charge in [-0.25, -0.2) is 13.4 Å². The molecule has 2 heterocycles. The molecule has 9 nitrogen and oxygen atoms in total. The number of benzene rings is 1. The quantitative estimate of drug-likeness (QED) is 0.481. The Bertz CT molecular complexity index is 871. The van der Waals surface area contributed by atoms with Crippen LogP contribution >= 0.6 is 11.8 Å². The summed E-state index contributed by atoms with van der Waals surface area (Å²) in [4.78, 5) is 16.7. The van der Waals surface area contributed by atoms with Crippen LogP contribution in [-0.4, -0.2) is 66.3 Å². The molecule has 1 aromatic heterocycles. The zero-order valence-corrected chi connectivity index (χ0v) is 17.1. The Morgan fingerprint density at radius 1 is 1.39 bits per heavy atom. The molecular formula is C17H23N5O4S2. The summed E-state index contributed by atoms with van der Waals surface area (Å²) in [6.07, 6.45) is 2.76. The number of carbonyl (C=O) groups is 1. The normalized spacial score (nSPS) is 18.0. The molecule has 11 heteroatoms. The van der Waals surface area contributed by atoms with Crippen LogP contribution in [0.15, 0.2) is 40.6 Å². The van der Waals surface area contributed by atoms with Crippen molar-refractivity contribution < 1.29 is 17.9 Å². The zero-order valence-electron chi connectivity index (χ0n) is 15.5. The van der Waals surface area contributed by atoms with Crippen molar-refractivity contribution in [1.82, 2.24) is 24.8 Å². The number of H-pyrrole nitrogens is 1. The van der Waals surface area contributed by atoms with E-state index in [1.165, 1.54) is 41.6 Å². The maximum atomic E-state index is 12.9. The standard InChI is InChI=1S/C17H23N5O4S2/c1-26-14-4-6-15(7-5-14)28(24,25)22-9-2-3-13(11-22)16(23)18-8-10-27-17-19-12-20-21-17/h4-7,12-13H,2-3,8-11H2,1H3,(H,18,23)(H,19,20,21)/t13-/m0/s1. The van der Waals surface area contributed by atoms with Gasteiger partial charge in [0.15, 0.2) is 5.16 Å². The van der Waals surface area contributed by atoms with Gasteiger partial charge in [0.25, 0.3) is 0 Å². The van der Waals surface area contributed by atoms with Crippen LogP contribution in [0.1, 0.15) is 12.8 Å². The Hall–Kier alpha value is -2.11. The lowest BCUT2D eigenvalue weighted by Gasteiger charge is -2.31. The van der Waals surface area contributed by atoms with Crippen molar-refractivity contribution in [3.05, 3.63) is 30.6 Å². The maximum Gasteiger partial charge on any atom is 0.243 e. The van der Waals surface area contributed by atoms with Crippen molar-refractivity contribution in [3.8, 4) is 5.75 Å². The number of aromatic nitrogens is 3. The number of rotatable bonds is 8. The molecule has 28 heavy (non-hydrogen) atoms. The summed E-state index contributed by atoms with van der Waals surface area (Å²) < 4.78 is 32.2. The average Bonchev–Trinajstić information content (AvgIpc) is 3.24. The molecule has 0 saturated carbocycles. The minimum Gasteiger partial charge on any atom is -0.497 e. The predicted molar refractivity (Wildman–Crippen MR) is 105 cm³/mol. The van der Waals surface area contributed by atoms with Gasteiger partial charge in [0, 0.05) is 25.4 Å². The molecule has 1 aliphatic rings. The van der Waals surface area contributed by atoms with Crippen LogP contribution in [0, 0.1) is 5.92 Å². The van der Waals surface area contributed by atoms with E-state index in [9.17, 15) is 13.2 Å². The Morgan fingerprint density at radius 3 is 2.86 bits per heavy atom. The first kappa shape index (κ1) is 20.6. The van der Waals surface area contributed by atoms with E-state index in [0.29, 0.717) is 42.6 Å². The fourth-order valence-corrected chi connectivity index (χ4v) is 5.16. The van der Waals surface area contributed by atoms with Crippen LogP contribution in [0.2, 0.25) is 0 Å². The second-order valence-electron chi connectivity index (χ2n) is 6.31. The third-order valence-electron chi connectivity index (χ3n) is 4.49. The van der Waals surface area contributed by atoms with Crippen LogP contribution < -0.4 is 10.1 Å². The van der Waals surface area contributed by atoms with Gasteiger partial charge in [-0.05, 0) is 37.1 Å². The Labute approximate surface area is 168 Å². The molecule has 0 unspecified atom stereocenters. The number of amides is 1. The van der Waals surface area contributed by atoms with Crippen LogP contribution in [0.4, 0.5) is 0 Å². The van der Waals surface area contributed by atoms with Gasteiger partial charge in [0.05, 0.1) is 17.9 Å². The van der Waals surface area contributed by atoms with Crippen molar-refractivity contribution in [2.75, 3.05) is 32.5 Å². The van der Waals surface area contributed by atoms with Gasteiger partial charge in [-0.2, -0.15) is 9.40 Å². The molecule has 2 aromatic rings. The van der Waals surface area contributed by atoms with Gasteiger partial charge in [-0.1, -0.05) is 11.8 Å². The molecule has 0 radical (unpaired) electrons. The summed E-state index contributed by atoms with van der Waals surface area (Å²) in [5, 5.41) is 10.1. The molecule has 1 fully saturated rings.